The SMILES string of the molecule is CC(C)(CNC(=O)CCC(F)(F)F)C(=O)O. The average molecular weight is 241 g/mol. The van der Waals surface area contributed by atoms with Crippen molar-refractivity contribution in [3.05, 3.63) is 0 Å². The summed E-state index contributed by atoms with van der Waals surface area (Å²) in [4.78, 5) is 21.6. The molecule has 0 fully saturated rings. The Morgan fingerprint density at radius 1 is 1.25 bits per heavy atom. The summed E-state index contributed by atoms with van der Waals surface area (Å²) < 4.78 is 35.2. The number of hydrogen-bond donors (Lipinski definition) is 2. The molecule has 0 aromatic rings. The second kappa shape index (κ2) is 5.18. The standard InChI is InChI=1S/C9H14F3NO3/c1-8(2,7(15)16)5-13-6(14)3-4-9(10,11)12/h3-5H2,1-2H3,(H,13,14)(H,15,16). The highest BCUT2D eigenvalue weighted by Gasteiger charge is 2.30. The molecule has 4 nitrogen and oxygen atoms in total. The van der Waals surface area contributed by atoms with Gasteiger partial charge in [0, 0.05) is 13.0 Å². The van der Waals surface area contributed by atoms with Crippen molar-refractivity contribution < 1.29 is 27.9 Å². The number of carbonyl (C=O) groups excluding carboxylic acids is 1. The van der Waals surface area contributed by atoms with Crippen LogP contribution in [0.15, 0.2) is 0 Å². The summed E-state index contributed by atoms with van der Waals surface area (Å²) in [5.41, 5.74) is -1.19. The van der Waals surface area contributed by atoms with Crippen LogP contribution in [0.1, 0.15) is 26.7 Å². The summed E-state index contributed by atoms with van der Waals surface area (Å²) in [6.07, 6.45) is -6.26. The number of alkyl halides is 3. The van der Waals surface area contributed by atoms with Gasteiger partial charge in [-0.1, -0.05) is 0 Å². The summed E-state index contributed by atoms with van der Waals surface area (Å²) in [6.45, 7) is 2.55. The van der Waals surface area contributed by atoms with Crippen LogP contribution in [0, 0.1) is 5.41 Å². The Balaban J connectivity index is 3.96. The van der Waals surface area contributed by atoms with Gasteiger partial charge in [-0.3, -0.25) is 9.59 Å². The van der Waals surface area contributed by atoms with Crippen molar-refractivity contribution in [2.75, 3.05) is 6.54 Å². The van der Waals surface area contributed by atoms with Gasteiger partial charge in [-0.15, -0.1) is 0 Å². The lowest BCUT2D eigenvalue weighted by Crippen LogP contribution is -2.39. The molecule has 7 heteroatoms. The third-order valence-corrected chi connectivity index (χ3v) is 1.94. The lowest BCUT2D eigenvalue weighted by atomic mass is 9.94. The Kier molecular flexibility index (Phi) is 4.77. The van der Waals surface area contributed by atoms with Crippen molar-refractivity contribution in [1.82, 2.24) is 5.32 Å². The van der Waals surface area contributed by atoms with Gasteiger partial charge in [0.25, 0.3) is 0 Å². The minimum Gasteiger partial charge on any atom is -0.481 e. The van der Waals surface area contributed by atoms with Crippen LogP contribution in [0.2, 0.25) is 0 Å². The molecule has 0 saturated heterocycles. The maximum atomic E-state index is 11.7. The van der Waals surface area contributed by atoms with Crippen molar-refractivity contribution >= 4 is 11.9 Å². The summed E-state index contributed by atoms with van der Waals surface area (Å²) in [5.74, 6) is -1.92. The van der Waals surface area contributed by atoms with Crippen LogP contribution in [0.25, 0.3) is 0 Å². The fourth-order valence-corrected chi connectivity index (χ4v) is 0.739. The molecule has 94 valence electrons. The van der Waals surface area contributed by atoms with Crippen molar-refractivity contribution in [3.63, 3.8) is 0 Å². The second-order valence-electron chi connectivity index (χ2n) is 4.08. The van der Waals surface area contributed by atoms with Gasteiger partial charge in [0.05, 0.1) is 11.8 Å². The number of aliphatic carboxylic acids is 1. The minimum absolute atomic E-state index is 0.195. The Hall–Kier alpha value is -1.27. The minimum atomic E-state index is -4.38. The van der Waals surface area contributed by atoms with Gasteiger partial charge in [0.15, 0.2) is 0 Å². The van der Waals surface area contributed by atoms with E-state index in [1.807, 2.05) is 0 Å². The zero-order chi connectivity index (χ0) is 13.0. The predicted octanol–water partition coefficient (Wildman–Crippen LogP) is 1.56. The predicted molar refractivity (Wildman–Crippen MR) is 49.7 cm³/mol. The van der Waals surface area contributed by atoms with Crippen LogP contribution >= 0.6 is 0 Å². The third kappa shape index (κ3) is 6.26. The van der Waals surface area contributed by atoms with Gasteiger partial charge in [-0.05, 0) is 13.8 Å². The number of carboxylic acids is 1. The Labute approximate surface area is 90.8 Å². The molecule has 0 aliphatic heterocycles. The van der Waals surface area contributed by atoms with E-state index in [0.717, 1.165) is 0 Å². The molecule has 0 radical (unpaired) electrons. The summed E-state index contributed by atoms with van der Waals surface area (Å²) in [7, 11) is 0. The first-order chi connectivity index (χ1) is 7.04. The quantitative estimate of drug-likeness (QED) is 0.767. The smallest absolute Gasteiger partial charge is 0.389 e. The molecular weight excluding hydrogens is 227 g/mol. The van der Waals surface area contributed by atoms with Gasteiger partial charge in [0.2, 0.25) is 5.91 Å². The van der Waals surface area contributed by atoms with Gasteiger partial charge in [-0.25, -0.2) is 0 Å². The Morgan fingerprint density at radius 2 is 1.75 bits per heavy atom. The number of halogens is 3. The molecule has 0 aromatic carbocycles. The number of rotatable bonds is 5. The first kappa shape index (κ1) is 14.7. The Morgan fingerprint density at radius 3 is 2.12 bits per heavy atom. The lowest BCUT2D eigenvalue weighted by molar-refractivity contribution is -0.148. The molecule has 0 heterocycles. The fraction of sp³-hybridized carbons (Fsp3) is 0.778. The maximum absolute atomic E-state index is 11.7. The summed E-state index contributed by atoms with van der Waals surface area (Å²) >= 11 is 0. The molecule has 0 atom stereocenters. The van der Waals surface area contributed by atoms with Crippen molar-refractivity contribution in [1.29, 1.82) is 0 Å². The lowest BCUT2D eigenvalue weighted by Gasteiger charge is -2.19. The van der Waals surface area contributed by atoms with Crippen molar-refractivity contribution in [3.8, 4) is 0 Å². The largest absolute Gasteiger partial charge is 0.481 e. The molecule has 0 unspecified atom stereocenters. The third-order valence-electron chi connectivity index (χ3n) is 1.94. The number of carboxylic acid groups (broad SMARTS) is 1. The topological polar surface area (TPSA) is 66.4 Å². The van der Waals surface area contributed by atoms with Crippen LogP contribution in [-0.2, 0) is 9.59 Å². The first-order valence-corrected chi connectivity index (χ1v) is 4.61. The molecule has 0 aliphatic rings. The van der Waals surface area contributed by atoms with E-state index in [4.69, 9.17) is 5.11 Å². The van der Waals surface area contributed by atoms with Gasteiger partial charge >= 0.3 is 12.1 Å². The molecule has 0 rings (SSSR count). The van der Waals surface area contributed by atoms with E-state index in [1.165, 1.54) is 13.8 Å². The van der Waals surface area contributed by atoms with Crippen LogP contribution in [-0.4, -0.2) is 29.7 Å². The maximum Gasteiger partial charge on any atom is 0.389 e. The molecule has 0 bridgehead atoms. The number of nitrogens with one attached hydrogen (secondary N) is 1. The van der Waals surface area contributed by atoms with E-state index in [-0.39, 0.29) is 6.54 Å². The van der Waals surface area contributed by atoms with Crippen LogP contribution < -0.4 is 5.32 Å². The molecular formula is C9H14F3NO3. The zero-order valence-corrected chi connectivity index (χ0v) is 9.02. The van der Waals surface area contributed by atoms with Gasteiger partial charge in [0.1, 0.15) is 0 Å². The molecule has 0 spiro atoms. The highest BCUT2D eigenvalue weighted by Crippen LogP contribution is 2.21. The molecule has 2 N–H and O–H groups in total. The van der Waals surface area contributed by atoms with E-state index in [1.54, 1.807) is 0 Å². The molecule has 0 aromatic heterocycles. The Bertz CT molecular complexity index is 274. The fourth-order valence-electron chi connectivity index (χ4n) is 0.739. The second-order valence-corrected chi connectivity index (χ2v) is 4.08. The van der Waals surface area contributed by atoms with E-state index in [2.05, 4.69) is 5.32 Å². The average Bonchev–Trinajstić information content (AvgIpc) is 2.10. The van der Waals surface area contributed by atoms with E-state index in [0.29, 0.717) is 0 Å². The summed E-state index contributed by atoms with van der Waals surface area (Å²) in [5, 5.41) is 10.8. The number of carbonyl (C=O) groups is 2. The highest BCUT2D eigenvalue weighted by molar-refractivity contribution is 5.78. The van der Waals surface area contributed by atoms with Crippen LogP contribution in [0.3, 0.4) is 0 Å². The van der Waals surface area contributed by atoms with Crippen molar-refractivity contribution in [2.45, 2.75) is 32.9 Å². The van der Waals surface area contributed by atoms with E-state index < -0.39 is 36.3 Å². The molecule has 0 aliphatic carbocycles. The molecule has 16 heavy (non-hydrogen) atoms. The van der Waals surface area contributed by atoms with E-state index >= 15 is 0 Å². The molecule has 1 amide bonds. The monoisotopic (exact) mass is 241 g/mol. The zero-order valence-electron chi connectivity index (χ0n) is 9.02. The first-order valence-electron chi connectivity index (χ1n) is 4.61. The van der Waals surface area contributed by atoms with E-state index in [9.17, 15) is 22.8 Å². The van der Waals surface area contributed by atoms with Gasteiger partial charge < -0.3 is 10.4 Å². The van der Waals surface area contributed by atoms with Crippen molar-refractivity contribution in [2.24, 2.45) is 5.41 Å². The number of amides is 1. The number of hydrogen-bond acceptors (Lipinski definition) is 2. The van der Waals surface area contributed by atoms with Gasteiger partial charge in [-0.2, -0.15) is 13.2 Å². The van der Waals surface area contributed by atoms with Crippen LogP contribution in [0.5, 0.6) is 0 Å². The summed E-state index contributed by atoms with van der Waals surface area (Å²) in [6, 6.07) is 0. The highest BCUT2D eigenvalue weighted by atomic mass is 19.4. The van der Waals surface area contributed by atoms with Crippen LogP contribution in [0.4, 0.5) is 13.2 Å². The normalized spacial score (nSPS) is 12.3. The molecule has 0 saturated carbocycles.